The van der Waals surface area contributed by atoms with Gasteiger partial charge in [0.05, 0.1) is 0 Å². The second kappa shape index (κ2) is 5.28. The molecule has 0 saturated carbocycles. The highest BCUT2D eigenvalue weighted by molar-refractivity contribution is 6.07. The first kappa shape index (κ1) is 14.0. The fraction of sp³-hybridized carbons (Fsp3) is 0.385. The highest BCUT2D eigenvalue weighted by Crippen LogP contribution is 2.15. The Labute approximate surface area is 116 Å². The number of amides is 3. The van der Waals surface area contributed by atoms with E-state index in [-0.39, 0.29) is 12.5 Å². The van der Waals surface area contributed by atoms with Crippen molar-refractivity contribution in [3.05, 3.63) is 23.4 Å². The summed E-state index contributed by atoms with van der Waals surface area (Å²) in [4.78, 5) is 40.9. The number of anilines is 1. The third-order valence-corrected chi connectivity index (χ3v) is 3.14. The molecule has 1 unspecified atom stereocenters. The molecule has 1 aliphatic rings. The van der Waals surface area contributed by atoms with E-state index in [1.807, 2.05) is 0 Å². The smallest absolute Gasteiger partial charge is 0.255 e. The van der Waals surface area contributed by atoms with Crippen molar-refractivity contribution < 1.29 is 14.4 Å². The van der Waals surface area contributed by atoms with E-state index in [0.717, 1.165) is 0 Å². The van der Waals surface area contributed by atoms with Crippen LogP contribution in [0.15, 0.2) is 12.1 Å². The van der Waals surface area contributed by atoms with Gasteiger partial charge in [-0.15, -0.1) is 0 Å². The third-order valence-electron chi connectivity index (χ3n) is 3.14. The van der Waals surface area contributed by atoms with Crippen molar-refractivity contribution in [1.29, 1.82) is 0 Å². The second-order valence-corrected chi connectivity index (χ2v) is 4.65. The Morgan fingerprint density at radius 2 is 2.15 bits per heavy atom. The number of piperazine rings is 1. The van der Waals surface area contributed by atoms with Gasteiger partial charge >= 0.3 is 0 Å². The van der Waals surface area contributed by atoms with Crippen molar-refractivity contribution in [1.82, 2.24) is 15.2 Å². The fourth-order valence-electron chi connectivity index (χ4n) is 2.05. The number of aromatic nitrogens is 1. The summed E-state index contributed by atoms with van der Waals surface area (Å²) in [6.07, 6.45) is 0. The van der Waals surface area contributed by atoms with Crippen LogP contribution in [0.3, 0.4) is 0 Å². The van der Waals surface area contributed by atoms with Gasteiger partial charge in [-0.05, 0) is 26.0 Å². The number of nitrogens with one attached hydrogen (secondary N) is 2. The van der Waals surface area contributed by atoms with Crippen LogP contribution in [0, 0.1) is 6.92 Å². The van der Waals surface area contributed by atoms with E-state index in [2.05, 4.69) is 15.6 Å². The predicted molar refractivity (Wildman–Crippen MR) is 72.2 cm³/mol. The number of rotatable bonds is 2. The van der Waals surface area contributed by atoms with Crippen molar-refractivity contribution in [3.8, 4) is 0 Å². The van der Waals surface area contributed by atoms with Gasteiger partial charge in [0.2, 0.25) is 11.8 Å². The number of imide groups is 1. The Bertz CT molecular complexity index is 585. The lowest BCUT2D eigenvalue weighted by Crippen LogP contribution is -2.58. The number of hydrogen-bond donors (Lipinski definition) is 2. The topological polar surface area (TPSA) is 91.4 Å². The minimum Gasteiger partial charge on any atom is -0.373 e. The fourth-order valence-corrected chi connectivity index (χ4v) is 2.05. The van der Waals surface area contributed by atoms with Gasteiger partial charge in [0.15, 0.2) is 0 Å². The van der Waals surface area contributed by atoms with Crippen LogP contribution in [-0.2, 0) is 9.59 Å². The molecule has 1 aromatic heterocycles. The van der Waals surface area contributed by atoms with Crippen LogP contribution < -0.4 is 10.6 Å². The number of nitrogens with zero attached hydrogens (tertiary/aromatic N) is 2. The molecule has 2 rings (SSSR count). The van der Waals surface area contributed by atoms with E-state index in [1.54, 1.807) is 33.0 Å². The Morgan fingerprint density at radius 1 is 1.45 bits per heavy atom. The van der Waals surface area contributed by atoms with Crippen molar-refractivity contribution in [2.45, 2.75) is 19.9 Å². The van der Waals surface area contributed by atoms with E-state index in [4.69, 9.17) is 0 Å². The first-order chi connectivity index (χ1) is 9.42. The van der Waals surface area contributed by atoms with Gasteiger partial charge in [-0.3, -0.25) is 19.7 Å². The number of hydrogen-bond acceptors (Lipinski definition) is 5. The molecule has 2 heterocycles. The second-order valence-electron chi connectivity index (χ2n) is 4.65. The van der Waals surface area contributed by atoms with Crippen LogP contribution >= 0.6 is 0 Å². The lowest BCUT2D eigenvalue weighted by Gasteiger charge is -2.31. The summed E-state index contributed by atoms with van der Waals surface area (Å²) in [5, 5.41) is 5.07. The lowest BCUT2D eigenvalue weighted by atomic mass is 10.1. The van der Waals surface area contributed by atoms with E-state index in [1.165, 1.54) is 4.90 Å². The molecular weight excluding hydrogens is 260 g/mol. The molecule has 0 aromatic carbocycles. The molecule has 20 heavy (non-hydrogen) atoms. The molecule has 3 amide bonds. The third kappa shape index (κ3) is 2.61. The van der Waals surface area contributed by atoms with Crippen molar-refractivity contribution >= 4 is 23.5 Å². The molecule has 7 heteroatoms. The van der Waals surface area contributed by atoms with Crippen LogP contribution in [0.2, 0.25) is 0 Å². The molecule has 1 saturated heterocycles. The van der Waals surface area contributed by atoms with Crippen LogP contribution in [0.5, 0.6) is 0 Å². The first-order valence-electron chi connectivity index (χ1n) is 6.23. The minimum absolute atomic E-state index is 0.123. The molecule has 0 aliphatic carbocycles. The summed E-state index contributed by atoms with van der Waals surface area (Å²) in [6.45, 7) is 3.24. The quantitative estimate of drug-likeness (QED) is 0.737. The SMILES string of the molecule is CNc1cc(C(=O)N2CC(=O)NC(=O)C2C)cc(C)n1. The van der Waals surface area contributed by atoms with Crippen molar-refractivity contribution in [2.24, 2.45) is 0 Å². The summed E-state index contributed by atoms with van der Waals surface area (Å²) >= 11 is 0. The molecule has 7 nitrogen and oxygen atoms in total. The zero-order chi connectivity index (χ0) is 14.9. The first-order valence-corrected chi connectivity index (χ1v) is 6.23. The normalized spacial score (nSPS) is 18.8. The molecule has 2 N–H and O–H groups in total. The van der Waals surface area contributed by atoms with Gasteiger partial charge in [-0.2, -0.15) is 0 Å². The Kier molecular flexibility index (Phi) is 3.69. The van der Waals surface area contributed by atoms with E-state index < -0.39 is 17.9 Å². The summed E-state index contributed by atoms with van der Waals surface area (Å²) < 4.78 is 0. The molecule has 1 aromatic rings. The van der Waals surface area contributed by atoms with Crippen LogP contribution in [0.25, 0.3) is 0 Å². The summed E-state index contributed by atoms with van der Waals surface area (Å²) in [7, 11) is 1.70. The molecule has 0 radical (unpaired) electrons. The zero-order valence-corrected chi connectivity index (χ0v) is 11.6. The molecule has 1 fully saturated rings. The minimum atomic E-state index is -0.674. The summed E-state index contributed by atoms with van der Waals surface area (Å²) in [6, 6.07) is 2.55. The molecule has 0 spiro atoms. The largest absolute Gasteiger partial charge is 0.373 e. The Balaban J connectivity index is 2.32. The van der Waals surface area contributed by atoms with Gasteiger partial charge in [-0.1, -0.05) is 0 Å². The van der Waals surface area contributed by atoms with Crippen molar-refractivity contribution in [2.75, 3.05) is 18.9 Å². The molecular formula is C13H16N4O3. The maximum Gasteiger partial charge on any atom is 0.255 e. The lowest BCUT2D eigenvalue weighted by molar-refractivity contribution is -0.138. The van der Waals surface area contributed by atoms with Gasteiger partial charge in [0.1, 0.15) is 18.4 Å². The standard InChI is InChI=1S/C13H16N4O3/c1-7-4-9(5-10(14-3)15-7)13(20)17-6-11(18)16-12(19)8(17)2/h4-5,8H,6H2,1-3H3,(H,14,15)(H,16,18,19). The monoisotopic (exact) mass is 276 g/mol. The van der Waals surface area contributed by atoms with Crippen molar-refractivity contribution in [3.63, 3.8) is 0 Å². The average Bonchev–Trinajstić information content (AvgIpc) is 2.41. The number of pyridine rings is 1. The number of carbonyl (C=O) groups is 3. The van der Waals surface area contributed by atoms with Crippen LogP contribution in [-0.4, -0.2) is 47.2 Å². The van der Waals surface area contributed by atoms with Crippen LogP contribution in [0.1, 0.15) is 23.0 Å². The predicted octanol–water partition coefficient (Wildman–Crippen LogP) is -0.0812. The highest BCUT2D eigenvalue weighted by Gasteiger charge is 2.34. The molecule has 106 valence electrons. The van der Waals surface area contributed by atoms with Gasteiger partial charge in [0, 0.05) is 18.3 Å². The Hall–Kier alpha value is -2.44. The molecule has 1 atom stereocenters. The maximum absolute atomic E-state index is 12.5. The number of carbonyl (C=O) groups excluding carboxylic acids is 3. The number of aryl methyl sites for hydroxylation is 1. The summed E-state index contributed by atoms with van der Waals surface area (Å²) in [5.74, 6) is -0.730. The van der Waals surface area contributed by atoms with Gasteiger partial charge in [-0.25, -0.2) is 4.98 Å². The van der Waals surface area contributed by atoms with Gasteiger partial charge < -0.3 is 10.2 Å². The Morgan fingerprint density at radius 3 is 2.80 bits per heavy atom. The summed E-state index contributed by atoms with van der Waals surface area (Å²) in [5.41, 5.74) is 1.08. The highest BCUT2D eigenvalue weighted by atomic mass is 16.2. The van der Waals surface area contributed by atoms with E-state index in [9.17, 15) is 14.4 Å². The van der Waals surface area contributed by atoms with Gasteiger partial charge in [0.25, 0.3) is 5.91 Å². The molecule has 0 bridgehead atoms. The average molecular weight is 276 g/mol. The maximum atomic E-state index is 12.5. The molecule has 1 aliphatic heterocycles. The van der Waals surface area contributed by atoms with Crippen LogP contribution in [0.4, 0.5) is 5.82 Å². The zero-order valence-electron chi connectivity index (χ0n) is 11.6. The van der Waals surface area contributed by atoms with E-state index in [0.29, 0.717) is 17.1 Å². The van der Waals surface area contributed by atoms with E-state index >= 15 is 0 Å².